The Morgan fingerprint density at radius 2 is 2.00 bits per heavy atom. The third-order valence-electron chi connectivity index (χ3n) is 4.19. The van der Waals surface area contributed by atoms with Crippen LogP contribution in [0, 0.1) is 5.41 Å². The molecule has 1 aliphatic heterocycles. The summed E-state index contributed by atoms with van der Waals surface area (Å²) in [6.45, 7) is 7.24. The summed E-state index contributed by atoms with van der Waals surface area (Å²) < 4.78 is 42.7. The lowest BCUT2D eigenvalue weighted by Gasteiger charge is -2.26. The first-order valence-electron chi connectivity index (χ1n) is 9.09. The van der Waals surface area contributed by atoms with Crippen molar-refractivity contribution in [1.29, 1.82) is 0 Å². The van der Waals surface area contributed by atoms with E-state index in [1.807, 2.05) is 20.8 Å². The first kappa shape index (κ1) is 20.8. The number of ether oxygens (including phenoxy) is 1. The largest absolute Gasteiger partial charge is 0.522 e. The molecule has 0 amide bonds. The minimum Gasteiger partial charge on any atom is -0.383 e. The summed E-state index contributed by atoms with van der Waals surface area (Å²) in [5.74, 6) is 1.20. The standard InChI is InChI=1S/C18H25F3N4O3/c1-17(2,3)9-16-23-14-8-12(27-24-28-13-10-22-11-13)4-5-15(14)25(16)6-7-26-18(19,20)21/h4-5,8,13,22,24H,6-7,9-11H2,1-3H3. The van der Waals surface area contributed by atoms with Crippen LogP contribution >= 0.6 is 0 Å². The Hall–Kier alpha value is -1.88. The van der Waals surface area contributed by atoms with Crippen molar-refractivity contribution in [3.63, 3.8) is 0 Å². The Bertz CT molecular complexity index is 798. The highest BCUT2D eigenvalue weighted by Crippen LogP contribution is 2.27. The average molecular weight is 402 g/mol. The molecule has 0 spiro atoms. The van der Waals surface area contributed by atoms with Crippen molar-refractivity contribution in [3.05, 3.63) is 24.0 Å². The topological polar surface area (TPSA) is 69.6 Å². The van der Waals surface area contributed by atoms with Crippen LogP contribution in [0.1, 0.15) is 26.6 Å². The summed E-state index contributed by atoms with van der Waals surface area (Å²) >= 11 is 0. The van der Waals surface area contributed by atoms with Crippen molar-refractivity contribution in [3.8, 4) is 5.75 Å². The highest BCUT2D eigenvalue weighted by atomic mass is 19.4. The Morgan fingerprint density at radius 3 is 2.61 bits per heavy atom. The van der Waals surface area contributed by atoms with Gasteiger partial charge in [0.05, 0.1) is 17.6 Å². The lowest BCUT2D eigenvalue weighted by Crippen LogP contribution is -2.51. The van der Waals surface area contributed by atoms with Gasteiger partial charge in [-0.25, -0.2) is 4.98 Å². The summed E-state index contributed by atoms with van der Waals surface area (Å²) in [5.41, 5.74) is 3.74. The minimum absolute atomic E-state index is 0.0532. The summed E-state index contributed by atoms with van der Waals surface area (Å²) in [5, 5.41) is 3.07. The molecule has 2 aromatic rings. The van der Waals surface area contributed by atoms with Gasteiger partial charge in [-0.15, -0.1) is 13.2 Å². The number of hydrogen-bond donors (Lipinski definition) is 2. The van der Waals surface area contributed by atoms with Gasteiger partial charge in [0, 0.05) is 32.1 Å². The normalized spacial score (nSPS) is 15.8. The third-order valence-corrected chi connectivity index (χ3v) is 4.19. The molecule has 0 aliphatic carbocycles. The third kappa shape index (κ3) is 5.81. The van der Waals surface area contributed by atoms with E-state index in [9.17, 15) is 13.2 Å². The molecule has 3 rings (SSSR count). The highest BCUT2D eigenvalue weighted by molar-refractivity contribution is 5.77. The van der Waals surface area contributed by atoms with Gasteiger partial charge < -0.3 is 14.7 Å². The fourth-order valence-corrected chi connectivity index (χ4v) is 2.82. The summed E-state index contributed by atoms with van der Waals surface area (Å²) in [6, 6.07) is 5.20. The summed E-state index contributed by atoms with van der Waals surface area (Å²) in [6.07, 6.45) is -3.97. The second kappa shape index (κ2) is 8.24. The fourth-order valence-electron chi connectivity index (χ4n) is 2.82. The molecule has 0 saturated carbocycles. The van der Waals surface area contributed by atoms with Crippen molar-refractivity contribution in [2.75, 3.05) is 19.7 Å². The van der Waals surface area contributed by atoms with Gasteiger partial charge in [-0.2, -0.15) is 0 Å². The first-order valence-corrected chi connectivity index (χ1v) is 9.09. The van der Waals surface area contributed by atoms with E-state index >= 15 is 0 Å². The van der Waals surface area contributed by atoms with Gasteiger partial charge >= 0.3 is 6.36 Å². The van der Waals surface area contributed by atoms with Gasteiger partial charge in [0.15, 0.2) is 5.75 Å². The molecule has 0 unspecified atom stereocenters. The zero-order chi connectivity index (χ0) is 20.4. The van der Waals surface area contributed by atoms with Crippen molar-refractivity contribution >= 4 is 11.0 Å². The van der Waals surface area contributed by atoms with Gasteiger partial charge in [0.25, 0.3) is 0 Å². The van der Waals surface area contributed by atoms with Crippen molar-refractivity contribution in [2.24, 2.45) is 5.41 Å². The predicted octanol–water partition coefficient (Wildman–Crippen LogP) is 2.95. The van der Waals surface area contributed by atoms with E-state index in [1.165, 1.54) is 0 Å². The number of benzene rings is 1. The molecule has 0 atom stereocenters. The number of aromatic nitrogens is 2. The summed E-state index contributed by atoms with van der Waals surface area (Å²) in [7, 11) is 0. The van der Waals surface area contributed by atoms with Gasteiger partial charge in [-0.05, 0) is 23.2 Å². The van der Waals surface area contributed by atoms with Crippen LogP contribution in [0.3, 0.4) is 0 Å². The van der Waals surface area contributed by atoms with Crippen LogP contribution in [0.5, 0.6) is 5.75 Å². The van der Waals surface area contributed by atoms with Crippen LogP contribution in [0.4, 0.5) is 13.2 Å². The zero-order valence-electron chi connectivity index (χ0n) is 16.1. The Labute approximate surface area is 161 Å². The van der Waals surface area contributed by atoms with Crippen LogP contribution in [0.25, 0.3) is 11.0 Å². The molecule has 28 heavy (non-hydrogen) atoms. The van der Waals surface area contributed by atoms with Gasteiger partial charge in [-0.1, -0.05) is 20.8 Å². The Kier molecular flexibility index (Phi) is 6.13. The molecule has 0 bridgehead atoms. The maximum absolute atomic E-state index is 12.3. The van der Waals surface area contributed by atoms with Crippen molar-refractivity contribution < 1.29 is 27.6 Å². The van der Waals surface area contributed by atoms with E-state index in [0.717, 1.165) is 18.6 Å². The maximum atomic E-state index is 12.3. The number of rotatable bonds is 8. The van der Waals surface area contributed by atoms with E-state index in [0.29, 0.717) is 23.5 Å². The fraction of sp³-hybridized carbons (Fsp3) is 0.611. The number of alkyl halides is 3. The van der Waals surface area contributed by atoms with Gasteiger partial charge in [0.2, 0.25) is 0 Å². The van der Waals surface area contributed by atoms with E-state index in [2.05, 4.69) is 20.7 Å². The molecule has 2 N–H and O–H groups in total. The lowest BCUT2D eigenvalue weighted by atomic mass is 9.92. The Balaban J connectivity index is 1.75. The van der Waals surface area contributed by atoms with Crippen LogP contribution in [0.15, 0.2) is 18.2 Å². The molecule has 1 saturated heterocycles. The van der Waals surface area contributed by atoms with E-state index in [4.69, 9.17) is 9.68 Å². The van der Waals surface area contributed by atoms with Crippen LogP contribution in [-0.2, 0) is 22.5 Å². The molecular formula is C18H25F3N4O3. The second-order valence-corrected chi connectivity index (χ2v) is 7.95. The zero-order valence-corrected chi connectivity index (χ0v) is 16.1. The molecule has 156 valence electrons. The number of imidazole rings is 1. The molecule has 1 fully saturated rings. The molecule has 1 aliphatic rings. The first-order chi connectivity index (χ1) is 13.1. The van der Waals surface area contributed by atoms with Crippen LogP contribution in [-0.4, -0.2) is 41.7 Å². The molecule has 0 radical (unpaired) electrons. The quantitative estimate of drug-likeness (QED) is 0.662. The molecular weight excluding hydrogens is 377 g/mol. The van der Waals surface area contributed by atoms with E-state index in [-0.39, 0.29) is 18.1 Å². The molecule has 2 heterocycles. The predicted molar refractivity (Wildman–Crippen MR) is 96.4 cm³/mol. The van der Waals surface area contributed by atoms with Gasteiger partial charge in [0.1, 0.15) is 11.9 Å². The molecule has 1 aromatic carbocycles. The molecule has 10 heteroatoms. The molecule has 7 nitrogen and oxygen atoms in total. The number of halogens is 3. The Morgan fingerprint density at radius 1 is 1.25 bits per heavy atom. The van der Waals surface area contributed by atoms with E-state index in [1.54, 1.807) is 22.8 Å². The number of hydrogen-bond acceptors (Lipinski definition) is 6. The van der Waals surface area contributed by atoms with Crippen LogP contribution < -0.4 is 15.8 Å². The molecule has 1 aromatic heterocycles. The number of fused-ring (bicyclic) bond motifs is 1. The summed E-state index contributed by atoms with van der Waals surface area (Å²) in [4.78, 5) is 15.3. The average Bonchev–Trinajstić information content (AvgIpc) is 2.83. The van der Waals surface area contributed by atoms with Gasteiger partial charge in [-0.3, -0.25) is 9.57 Å². The lowest BCUT2D eigenvalue weighted by molar-refractivity contribution is -0.325. The second-order valence-electron chi connectivity index (χ2n) is 7.95. The van der Waals surface area contributed by atoms with Crippen molar-refractivity contribution in [1.82, 2.24) is 20.5 Å². The van der Waals surface area contributed by atoms with E-state index < -0.39 is 13.0 Å². The highest BCUT2D eigenvalue weighted by Gasteiger charge is 2.29. The smallest absolute Gasteiger partial charge is 0.383 e. The van der Waals surface area contributed by atoms with Crippen LogP contribution in [0.2, 0.25) is 0 Å². The minimum atomic E-state index is -4.65. The van der Waals surface area contributed by atoms with Crippen molar-refractivity contribution in [2.45, 2.75) is 46.2 Å². The number of nitrogens with zero attached hydrogens (tertiary/aromatic N) is 2. The maximum Gasteiger partial charge on any atom is 0.522 e. The SMILES string of the molecule is CC(C)(C)Cc1nc2cc(ONOC3CNC3)ccc2n1CCOC(F)(F)F. The monoisotopic (exact) mass is 402 g/mol. The number of nitrogens with one attached hydrogen (secondary N) is 2.